The van der Waals surface area contributed by atoms with Gasteiger partial charge >= 0.3 is 5.97 Å². The number of carboxylic acid groups (broad SMARTS) is 1. The Hall–Kier alpha value is -3.31. The Morgan fingerprint density at radius 1 is 1.03 bits per heavy atom. The van der Waals surface area contributed by atoms with Crippen molar-refractivity contribution in [2.75, 3.05) is 0 Å². The molecule has 0 unspecified atom stereocenters. The smallest absolute Gasteiger partial charge is 0.307 e. The van der Waals surface area contributed by atoms with E-state index in [4.69, 9.17) is 5.11 Å². The molecule has 31 heavy (non-hydrogen) atoms. The van der Waals surface area contributed by atoms with Gasteiger partial charge < -0.3 is 10.2 Å². The number of hydrogen-bond acceptors (Lipinski definition) is 3. The second-order valence-electron chi connectivity index (χ2n) is 8.50. The highest BCUT2D eigenvalue weighted by Gasteiger charge is 2.18. The van der Waals surface area contributed by atoms with Crippen LogP contribution in [-0.2, 0) is 11.2 Å². The van der Waals surface area contributed by atoms with Crippen LogP contribution in [0, 0.1) is 12.7 Å². The standard InChI is InChI=1S/C22H16FNO2.C4H10O/c1-13-11-14-5-2-3-6-15(14)21(18(13)12-20(25)26)17-8-9-19(23)16-7-4-10-24-22(16)17;1-4(2,3)5/h2-11H,12H2,1H3,(H,25,26);5H,1-3H3. The molecule has 4 nitrogen and oxygen atoms in total. The molecule has 0 spiro atoms. The Labute approximate surface area is 181 Å². The molecule has 0 aliphatic carbocycles. The van der Waals surface area contributed by atoms with E-state index in [0.29, 0.717) is 10.9 Å². The van der Waals surface area contributed by atoms with Crippen LogP contribution in [0.2, 0.25) is 0 Å². The molecule has 0 amide bonds. The molecule has 5 heteroatoms. The summed E-state index contributed by atoms with van der Waals surface area (Å²) in [5.41, 5.74) is 3.23. The average Bonchev–Trinajstić information content (AvgIpc) is 2.68. The van der Waals surface area contributed by atoms with E-state index in [1.165, 1.54) is 6.07 Å². The fourth-order valence-corrected chi connectivity index (χ4v) is 3.56. The fourth-order valence-electron chi connectivity index (χ4n) is 3.56. The minimum absolute atomic E-state index is 0.0995. The lowest BCUT2D eigenvalue weighted by Gasteiger charge is -2.17. The number of benzene rings is 3. The number of pyridine rings is 1. The van der Waals surface area contributed by atoms with Crippen LogP contribution < -0.4 is 0 Å². The zero-order valence-corrected chi connectivity index (χ0v) is 18.1. The van der Waals surface area contributed by atoms with E-state index in [0.717, 1.165) is 33.0 Å². The van der Waals surface area contributed by atoms with Crippen molar-refractivity contribution in [1.29, 1.82) is 0 Å². The van der Waals surface area contributed by atoms with Gasteiger partial charge in [0.25, 0.3) is 0 Å². The van der Waals surface area contributed by atoms with Crippen molar-refractivity contribution in [3.05, 3.63) is 77.7 Å². The summed E-state index contributed by atoms with van der Waals surface area (Å²) in [6.45, 7) is 7.14. The summed E-state index contributed by atoms with van der Waals surface area (Å²) in [4.78, 5) is 15.9. The van der Waals surface area contributed by atoms with E-state index in [-0.39, 0.29) is 12.2 Å². The Bertz CT molecular complexity index is 1250. The Kier molecular flexibility index (Phi) is 6.37. The zero-order chi connectivity index (χ0) is 22.8. The van der Waals surface area contributed by atoms with Crippen LogP contribution in [0.1, 0.15) is 31.9 Å². The van der Waals surface area contributed by atoms with Gasteiger partial charge in [-0.3, -0.25) is 9.78 Å². The number of aliphatic hydroxyl groups is 1. The van der Waals surface area contributed by atoms with Gasteiger partial charge in [-0.25, -0.2) is 4.39 Å². The number of aliphatic carboxylic acids is 1. The fraction of sp³-hybridized carbons (Fsp3) is 0.231. The molecule has 0 atom stereocenters. The summed E-state index contributed by atoms with van der Waals surface area (Å²) in [7, 11) is 0. The first-order valence-electron chi connectivity index (χ1n) is 10.0. The van der Waals surface area contributed by atoms with Crippen molar-refractivity contribution >= 4 is 27.6 Å². The van der Waals surface area contributed by atoms with E-state index in [1.807, 2.05) is 37.3 Å². The van der Waals surface area contributed by atoms with Gasteiger partial charge in [0.1, 0.15) is 5.82 Å². The molecular formula is C26H26FNO3. The van der Waals surface area contributed by atoms with Crippen LogP contribution >= 0.6 is 0 Å². The molecule has 160 valence electrons. The van der Waals surface area contributed by atoms with Crippen molar-refractivity contribution in [3.8, 4) is 11.1 Å². The third-order valence-electron chi connectivity index (χ3n) is 4.69. The Morgan fingerprint density at radius 3 is 2.35 bits per heavy atom. The van der Waals surface area contributed by atoms with Crippen molar-refractivity contribution in [1.82, 2.24) is 4.98 Å². The number of rotatable bonds is 3. The Morgan fingerprint density at radius 2 is 1.68 bits per heavy atom. The minimum Gasteiger partial charge on any atom is -0.481 e. The third kappa shape index (κ3) is 5.25. The number of halogens is 1. The molecule has 4 aromatic rings. The number of carboxylic acids is 1. The van der Waals surface area contributed by atoms with Crippen LogP contribution in [0.25, 0.3) is 32.8 Å². The molecular weight excluding hydrogens is 393 g/mol. The summed E-state index contributed by atoms with van der Waals surface area (Å²) in [5, 5.41) is 20.3. The lowest BCUT2D eigenvalue weighted by atomic mass is 9.87. The highest BCUT2D eigenvalue weighted by Crippen LogP contribution is 2.38. The molecule has 0 fully saturated rings. The second-order valence-corrected chi connectivity index (χ2v) is 8.50. The highest BCUT2D eigenvalue weighted by molar-refractivity contribution is 6.06. The number of nitrogens with zero attached hydrogens (tertiary/aromatic N) is 1. The van der Waals surface area contributed by atoms with Crippen molar-refractivity contribution < 1.29 is 19.4 Å². The SMILES string of the molecule is CC(C)(C)O.Cc1cc2ccccc2c(-c2ccc(F)c3cccnc23)c1CC(=O)O. The Balaban J connectivity index is 0.000000491. The van der Waals surface area contributed by atoms with E-state index in [1.54, 1.807) is 45.2 Å². The molecule has 1 heterocycles. The summed E-state index contributed by atoms with van der Waals surface area (Å²) in [6, 6.07) is 16.3. The van der Waals surface area contributed by atoms with Gasteiger partial charge in [-0.05, 0) is 79.4 Å². The quantitative estimate of drug-likeness (QED) is 0.433. The largest absolute Gasteiger partial charge is 0.481 e. The lowest BCUT2D eigenvalue weighted by molar-refractivity contribution is -0.136. The monoisotopic (exact) mass is 419 g/mol. The molecule has 0 aliphatic heterocycles. The molecule has 1 aromatic heterocycles. The maximum atomic E-state index is 14.3. The molecule has 0 radical (unpaired) electrons. The second kappa shape index (κ2) is 8.82. The normalized spacial score (nSPS) is 11.3. The summed E-state index contributed by atoms with van der Waals surface area (Å²) < 4.78 is 14.3. The lowest BCUT2D eigenvalue weighted by Crippen LogP contribution is -2.10. The topological polar surface area (TPSA) is 70.4 Å². The predicted molar refractivity (Wildman–Crippen MR) is 123 cm³/mol. The van der Waals surface area contributed by atoms with E-state index in [2.05, 4.69) is 4.98 Å². The predicted octanol–water partition coefficient (Wildman–Crippen LogP) is 5.91. The molecule has 0 aliphatic rings. The van der Waals surface area contributed by atoms with E-state index in [9.17, 15) is 14.3 Å². The third-order valence-corrected chi connectivity index (χ3v) is 4.69. The first-order valence-corrected chi connectivity index (χ1v) is 10.0. The first kappa shape index (κ1) is 22.4. The van der Waals surface area contributed by atoms with Crippen LogP contribution in [0.5, 0.6) is 0 Å². The van der Waals surface area contributed by atoms with E-state index >= 15 is 0 Å². The molecule has 0 saturated heterocycles. The summed E-state index contributed by atoms with van der Waals surface area (Å²) >= 11 is 0. The number of hydrogen-bond donors (Lipinski definition) is 2. The van der Waals surface area contributed by atoms with Crippen LogP contribution in [0.15, 0.2) is 60.8 Å². The summed E-state index contributed by atoms with van der Waals surface area (Å²) in [5.74, 6) is -1.24. The van der Waals surface area contributed by atoms with Gasteiger partial charge in [-0.1, -0.05) is 30.3 Å². The average molecular weight is 419 g/mol. The van der Waals surface area contributed by atoms with Crippen molar-refractivity contribution in [2.24, 2.45) is 0 Å². The van der Waals surface area contributed by atoms with Gasteiger partial charge in [0.05, 0.1) is 17.5 Å². The van der Waals surface area contributed by atoms with Crippen molar-refractivity contribution in [2.45, 2.75) is 39.7 Å². The molecule has 3 aromatic carbocycles. The van der Waals surface area contributed by atoms with Gasteiger partial charge in [-0.15, -0.1) is 0 Å². The number of aryl methyl sites for hydroxylation is 1. The van der Waals surface area contributed by atoms with Gasteiger partial charge in [-0.2, -0.15) is 0 Å². The molecule has 4 rings (SSSR count). The van der Waals surface area contributed by atoms with Crippen LogP contribution in [-0.4, -0.2) is 26.8 Å². The van der Waals surface area contributed by atoms with E-state index < -0.39 is 11.6 Å². The van der Waals surface area contributed by atoms with Crippen LogP contribution in [0.4, 0.5) is 4.39 Å². The van der Waals surface area contributed by atoms with Gasteiger partial charge in [0.2, 0.25) is 0 Å². The maximum Gasteiger partial charge on any atom is 0.307 e. The first-order chi connectivity index (χ1) is 14.6. The van der Waals surface area contributed by atoms with Gasteiger partial charge in [0.15, 0.2) is 0 Å². The summed E-state index contributed by atoms with van der Waals surface area (Å²) in [6.07, 6.45) is 1.53. The van der Waals surface area contributed by atoms with Crippen LogP contribution in [0.3, 0.4) is 0 Å². The minimum atomic E-state index is -0.899. The number of carbonyl (C=O) groups is 1. The maximum absolute atomic E-state index is 14.3. The molecule has 2 N–H and O–H groups in total. The molecule has 0 bridgehead atoms. The molecule has 0 saturated carbocycles. The number of aromatic nitrogens is 1. The zero-order valence-electron chi connectivity index (χ0n) is 18.1. The van der Waals surface area contributed by atoms with Gasteiger partial charge in [0, 0.05) is 17.1 Å². The number of fused-ring (bicyclic) bond motifs is 2. The van der Waals surface area contributed by atoms with Crippen molar-refractivity contribution in [3.63, 3.8) is 0 Å². The highest BCUT2D eigenvalue weighted by atomic mass is 19.1.